The van der Waals surface area contributed by atoms with Crippen molar-refractivity contribution < 1.29 is 5.11 Å². The fraction of sp³-hybridized carbons (Fsp3) is 0.571. The van der Waals surface area contributed by atoms with Gasteiger partial charge in [0.15, 0.2) is 0 Å². The Kier molecular flexibility index (Phi) is 0.951. The van der Waals surface area contributed by atoms with Crippen LogP contribution in [0.2, 0.25) is 0 Å². The number of aryl methyl sites for hydroxylation is 1. The van der Waals surface area contributed by atoms with Gasteiger partial charge in [0.2, 0.25) is 0 Å². The Morgan fingerprint density at radius 3 is 2.80 bits per heavy atom. The Hall–Kier alpha value is -0.830. The van der Waals surface area contributed by atoms with Gasteiger partial charge in [0.05, 0.1) is 11.8 Å². The van der Waals surface area contributed by atoms with Gasteiger partial charge in [-0.3, -0.25) is 4.68 Å². The van der Waals surface area contributed by atoms with Crippen LogP contribution in [0.4, 0.5) is 0 Å². The lowest BCUT2D eigenvalue weighted by Crippen LogP contribution is -2.01. The average Bonchev–Trinajstić information content (AvgIpc) is 2.45. The summed E-state index contributed by atoms with van der Waals surface area (Å²) in [5.41, 5.74) is 0.434. The predicted molar refractivity (Wildman–Crippen MR) is 36.3 cm³/mol. The van der Waals surface area contributed by atoms with E-state index in [4.69, 9.17) is 0 Å². The van der Waals surface area contributed by atoms with Crippen molar-refractivity contribution in [2.45, 2.75) is 18.4 Å². The Bertz CT molecular complexity index is 250. The van der Waals surface area contributed by atoms with Crippen LogP contribution in [0.15, 0.2) is 12.4 Å². The average molecular weight is 138 g/mol. The van der Waals surface area contributed by atoms with Gasteiger partial charge in [0, 0.05) is 18.8 Å². The summed E-state index contributed by atoms with van der Waals surface area (Å²) in [4.78, 5) is 0. The van der Waals surface area contributed by atoms with Crippen molar-refractivity contribution in [2.24, 2.45) is 7.05 Å². The van der Waals surface area contributed by atoms with Crippen LogP contribution in [0, 0.1) is 0 Å². The minimum Gasteiger partial charge on any atom is -0.385 e. The molecular formula is C7H10N2O. The third kappa shape index (κ3) is 0.743. The maximum absolute atomic E-state index is 9.56. The van der Waals surface area contributed by atoms with Gasteiger partial charge in [0.1, 0.15) is 0 Å². The summed E-state index contributed by atoms with van der Waals surface area (Å²) in [6.07, 6.45) is 5.37. The van der Waals surface area contributed by atoms with Crippen molar-refractivity contribution in [1.29, 1.82) is 0 Å². The van der Waals surface area contributed by atoms with Gasteiger partial charge in [-0.25, -0.2) is 0 Å². The lowest BCUT2D eigenvalue weighted by Gasteiger charge is -2.00. The molecule has 10 heavy (non-hydrogen) atoms. The van der Waals surface area contributed by atoms with Gasteiger partial charge < -0.3 is 5.11 Å². The van der Waals surface area contributed by atoms with Crippen LogP contribution in [0.5, 0.6) is 0 Å². The van der Waals surface area contributed by atoms with Crippen LogP contribution in [0.25, 0.3) is 0 Å². The topological polar surface area (TPSA) is 38.0 Å². The molecule has 0 spiro atoms. The fourth-order valence-corrected chi connectivity index (χ4v) is 1.07. The van der Waals surface area contributed by atoms with Gasteiger partial charge in [-0.15, -0.1) is 0 Å². The van der Waals surface area contributed by atoms with Crippen molar-refractivity contribution in [3.63, 3.8) is 0 Å². The van der Waals surface area contributed by atoms with Gasteiger partial charge in [0.25, 0.3) is 0 Å². The summed E-state index contributed by atoms with van der Waals surface area (Å²) >= 11 is 0. The minimum absolute atomic E-state index is 0.520. The fourth-order valence-electron chi connectivity index (χ4n) is 1.07. The van der Waals surface area contributed by atoms with Crippen LogP contribution in [0.3, 0.4) is 0 Å². The molecule has 1 aliphatic carbocycles. The number of hydrogen-bond acceptors (Lipinski definition) is 2. The summed E-state index contributed by atoms with van der Waals surface area (Å²) in [5.74, 6) is 0. The zero-order valence-corrected chi connectivity index (χ0v) is 5.91. The molecule has 1 aliphatic rings. The van der Waals surface area contributed by atoms with Crippen molar-refractivity contribution >= 4 is 0 Å². The SMILES string of the molecule is Cn1cc(C2(O)CC2)cn1. The number of aliphatic hydroxyl groups is 1. The molecule has 0 radical (unpaired) electrons. The highest BCUT2D eigenvalue weighted by atomic mass is 16.3. The summed E-state index contributed by atoms with van der Waals surface area (Å²) in [7, 11) is 1.86. The summed E-state index contributed by atoms with van der Waals surface area (Å²) in [6.45, 7) is 0. The smallest absolute Gasteiger partial charge is 0.0929 e. The van der Waals surface area contributed by atoms with Crippen LogP contribution in [0.1, 0.15) is 18.4 Å². The lowest BCUT2D eigenvalue weighted by molar-refractivity contribution is 0.151. The van der Waals surface area contributed by atoms with E-state index in [2.05, 4.69) is 5.10 Å². The zero-order valence-electron chi connectivity index (χ0n) is 5.91. The molecule has 1 N–H and O–H groups in total. The predicted octanol–water partition coefficient (Wildman–Crippen LogP) is 0.401. The first-order valence-corrected chi connectivity index (χ1v) is 3.42. The van der Waals surface area contributed by atoms with Crippen molar-refractivity contribution in [3.8, 4) is 0 Å². The Morgan fingerprint density at radius 1 is 1.70 bits per heavy atom. The Labute approximate surface area is 59.3 Å². The van der Waals surface area contributed by atoms with E-state index in [1.807, 2.05) is 13.2 Å². The minimum atomic E-state index is -0.520. The summed E-state index contributed by atoms with van der Waals surface area (Å²) < 4.78 is 1.71. The lowest BCUT2D eigenvalue weighted by atomic mass is 10.2. The number of nitrogens with zero attached hydrogens (tertiary/aromatic N) is 2. The molecule has 1 aromatic heterocycles. The van der Waals surface area contributed by atoms with E-state index < -0.39 is 5.60 Å². The van der Waals surface area contributed by atoms with E-state index in [0.29, 0.717) is 0 Å². The number of rotatable bonds is 1. The molecule has 1 saturated carbocycles. The monoisotopic (exact) mass is 138 g/mol. The number of aromatic nitrogens is 2. The van der Waals surface area contributed by atoms with Crippen molar-refractivity contribution in [1.82, 2.24) is 9.78 Å². The zero-order chi connectivity index (χ0) is 7.19. The van der Waals surface area contributed by atoms with E-state index in [9.17, 15) is 5.11 Å². The summed E-state index contributed by atoms with van der Waals surface area (Å²) in [5, 5.41) is 13.5. The molecule has 0 saturated heterocycles. The van der Waals surface area contributed by atoms with Gasteiger partial charge in [-0.05, 0) is 12.8 Å². The molecule has 3 nitrogen and oxygen atoms in total. The number of hydrogen-bond donors (Lipinski definition) is 1. The second-order valence-corrected chi connectivity index (χ2v) is 2.93. The van der Waals surface area contributed by atoms with Gasteiger partial charge in [-0.2, -0.15) is 5.10 Å². The van der Waals surface area contributed by atoms with E-state index >= 15 is 0 Å². The molecule has 3 heteroatoms. The first kappa shape index (κ1) is 5.92. The van der Waals surface area contributed by atoms with Crippen LogP contribution in [-0.2, 0) is 12.6 Å². The highest BCUT2D eigenvalue weighted by molar-refractivity contribution is 5.21. The first-order chi connectivity index (χ1) is 4.71. The maximum atomic E-state index is 9.56. The van der Waals surface area contributed by atoms with Crippen LogP contribution < -0.4 is 0 Å². The third-order valence-electron chi connectivity index (χ3n) is 1.97. The molecule has 54 valence electrons. The van der Waals surface area contributed by atoms with Crippen molar-refractivity contribution in [2.75, 3.05) is 0 Å². The van der Waals surface area contributed by atoms with E-state index in [1.165, 1.54) is 0 Å². The molecule has 0 bridgehead atoms. The largest absolute Gasteiger partial charge is 0.385 e. The third-order valence-corrected chi connectivity index (χ3v) is 1.97. The molecule has 2 rings (SSSR count). The molecule has 0 amide bonds. The molecule has 1 heterocycles. The van der Waals surface area contributed by atoms with Crippen LogP contribution >= 0.6 is 0 Å². The first-order valence-electron chi connectivity index (χ1n) is 3.42. The van der Waals surface area contributed by atoms with Gasteiger partial charge in [-0.1, -0.05) is 0 Å². The maximum Gasteiger partial charge on any atom is 0.0929 e. The molecular weight excluding hydrogens is 128 g/mol. The summed E-state index contributed by atoms with van der Waals surface area (Å²) in [6, 6.07) is 0. The highest BCUT2D eigenvalue weighted by Crippen LogP contribution is 2.44. The molecule has 1 aromatic rings. The van der Waals surface area contributed by atoms with Gasteiger partial charge >= 0.3 is 0 Å². The molecule has 0 atom stereocenters. The molecule has 0 aliphatic heterocycles. The highest BCUT2D eigenvalue weighted by Gasteiger charge is 2.42. The normalized spacial score (nSPS) is 21.0. The second-order valence-electron chi connectivity index (χ2n) is 2.93. The quantitative estimate of drug-likeness (QED) is 0.610. The molecule has 1 fully saturated rings. The van der Waals surface area contributed by atoms with Crippen molar-refractivity contribution in [3.05, 3.63) is 18.0 Å². The van der Waals surface area contributed by atoms with E-state index in [1.54, 1.807) is 10.9 Å². The Morgan fingerprint density at radius 2 is 2.40 bits per heavy atom. The molecule has 0 unspecified atom stereocenters. The van der Waals surface area contributed by atoms with E-state index in [0.717, 1.165) is 18.4 Å². The Balaban J connectivity index is 2.34. The molecule has 0 aromatic carbocycles. The van der Waals surface area contributed by atoms with Crippen LogP contribution in [-0.4, -0.2) is 14.9 Å². The van der Waals surface area contributed by atoms with E-state index in [-0.39, 0.29) is 0 Å². The second kappa shape index (κ2) is 1.61. The standard InChI is InChI=1S/C7H10N2O/c1-9-5-6(4-8-9)7(10)2-3-7/h4-5,10H,2-3H2,1H3.